The van der Waals surface area contributed by atoms with Crippen LogP contribution in [0.3, 0.4) is 0 Å². The third-order valence-electron chi connectivity index (χ3n) is 5.85. The molecule has 0 radical (unpaired) electrons. The van der Waals surface area contributed by atoms with Gasteiger partial charge in [-0.05, 0) is 54.4 Å². The third kappa shape index (κ3) is 5.35. The molecule has 2 aromatic carbocycles. The van der Waals surface area contributed by atoms with Crippen molar-refractivity contribution in [2.75, 3.05) is 35.7 Å². The Hall–Kier alpha value is -3.72. The van der Waals surface area contributed by atoms with Crippen LogP contribution in [0, 0.1) is 0 Å². The van der Waals surface area contributed by atoms with E-state index in [1.807, 2.05) is 61.5 Å². The van der Waals surface area contributed by atoms with Gasteiger partial charge in [-0.2, -0.15) is 0 Å². The Bertz CT molecular complexity index is 1230. The van der Waals surface area contributed by atoms with E-state index in [0.29, 0.717) is 31.2 Å². The van der Waals surface area contributed by atoms with Gasteiger partial charge in [-0.25, -0.2) is 9.78 Å². The number of aromatic nitrogens is 1. The van der Waals surface area contributed by atoms with Crippen molar-refractivity contribution in [2.24, 2.45) is 0 Å². The minimum atomic E-state index is -0.196. The number of anilines is 2. The number of carbonyl (C=O) groups excluding carboxylic acids is 2. The number of fused-ring (bicyclic) bond motifs is 2. The smallest absolute Gasteiger partial charge is 0.326 e. The molecule has 0 spiro atoms. The SMILES string of the molecule is C[C@H](NC(=O)Cc1ccc(NC(=O)N2CCSc3ncccc32)cc1)c1ccc2c(c1)OCCO2. The van der Waals surface area contributed by atoms with Gasteiger partial charge in [0.15, 0.2) is 11.5 Å². The summed E-state index contributed by atoms with van der Waals surface area (Å²) in [6.07, 6.45) is 1.98. The summed E-state index contributed by atoms with van der Waals surface area (Å²) in [4.78, 5) is 31.5. The first-order valence-electron chi connectivity index (χ1n) is 11.5. The van der Waals surface area contributed by atoms with Crippen molar-refractivity contribution >= 4 is 35.1 Å². The predicted octanol–water partition coefficient (Wildman–Crippen LogP) is 4.42. The van der Waals surface area contributed by atoms with Gasteiger partial charge in [-0.3, -0.25) is 9.69 Å². The lowest BCUT2D eigenvalue weighted by Gasteiger charge is -2.28. The number of pyridine rings is 1. The number of hydrogen-bond acceptors (Lipinski definition) is 6. The van der Waals surface area contributed by atoms with E-state index in [1.165, 1.54) is 0 Å². The molecule has 0 fully saturated rings. The zero-order valence-electron chi connectivity index (χ0n) is 19.3. The molecular formula is C26H26N4O4S. The number of amides is 3. The molecule has 180 valence electrons. The maximum atomic E-state index is 12.8. The second-order valence-corrected chi connectivity index (χ2v) is 9.41. The molecule has 5 rings (SSSR count). The minimum absolute atomic E-state index is 0.0842. The van der Waals surface area contributed by atoms with Crippen molar-refractivity contribution in [3.63, 3.8) is 0 Å². The van der Waals surface area contributed by atoms with E-state index in [-0.39, 0.29) is 24.4 Å². The van der Waals surface area contributed by atoms with Gasteiger partial charge < -0.3 is 20.1 Å². The highest BCUT2D eigenvalue weighted by atomic mass is 32.2. The van der Waals surface area contributed by atoms with E-state index in [2.05, 4.69) is 15.6 Å². The number of ether oxygens (including phenoxy) is 2. The summed E-state index contributed by atoms with van der Waals surface area (Å²) in [5.41, 5.74) is 3.31. The first-order valence-corrected chi connectivity index (χ1v) is 12.5. The van der Waals surface area contributed by atoms with Crippen LogP contribution in [-0.4, -0.2) is 42.4 Å². The van der Waals surface area contributed by atoms with Crippen LogP contribution in [0.4, 0.5) is 16.2 Å². The largest absolute Gasteiger partial charge is 0.486 e. The molecule has 3 amide bonds. The fourth-order valence-electron chi connectivity index (χ4n) is 4.05. The number of nitrogens with one attached hydrogen (secondary N) is 2. The molecule has 2 N–H and O–H groups in total. The lowest BCUT2D eigenvalue weighted by atomic mass is 10.1. The predicted molar refractivity (Wildman–Crippen MR) is 135 cm³/mol. The maximum Gasteiger partial charge on any atom is 0.326 e. The summed E-state index contributed by atoms with van der Waals surface area (Å²) in [7, 11) is 0. The van der Waals surface area contributed by atoms with Gasteiger partial charge in [0.05, 0.1) is 18.2 Å². The molecule has 9 heteroatoms. The Morgan fingerprint density at radius 1 is 1.09 bits per heavy atom. The Labute approximate surface area is 208 Å². The molecule has 35 heavy (non-hydrogen) atoms. The number of urea groups is 1. The summed E-state index contributed by atoms with van der Waals surface area (Å²) < 4.78 is 11.2. The highest BCUT2D eigenvalue weighted by molar-refractivity contribution is 7.99. The Balaban J connectivity index is 1.16. The van der Waals surface area contributed by atoms with E-state index in [1.54, 1.807) is 22.9 Å². The van der Waals surface area contributed by atoms with Gasteiger partial charge >= 0.3 is 6.03 Å². The molecule has 0 bridgehead atoms. The summed E-state index contributed by atoms with van der Waals surface area (Å²) in [6.45, 7) is 3.63. The molecule has 0 saturated carbocycles. The summed E-state index contributed by atoms with van der Waals surface area (Å²) in [5, 5.41) is 6.83. The molecular weight excluding hydrogens is 464 g/mol. The van der Waals surface area contributed by atoms with Crippen LogP contribution in [0.25, 0.3) is 0 Å². The molecule has 1 aromatic heterocycles. The molecule has 3 heterocycles. The van der Waals surface area contributed by atoms with Gasteiger partial charge in [0, 0.05) is 24.2 Å². The van der Waals surface area contributed by atoms with Crippen LogP contribution in [0.2, 0.25) is 0 Å². The zero-order chi connectivity index (χ0) is 24.2. The van der Waals surface area contributed by atoms with E-state index in [4.69, 9.17) is 9.47 Å². The number of thioether (sulfide) groups is 1. The van der Waals surface area contributed by atoms with E-state index < -0.39 is 0 Å². The van der Waals surface area contributed by atoms with E-state index in [9.17, 15) is 9.59 Å². The molecule has 1 atom stereocenters. The monoisotopic (exact) mass is 490 g/mol. The van der Waals surface area contributed by atoms with Crippen molar-refractivity contribution in [1.29, 1.82) is 0 Å². The normalized spacial score (nSPS) is 15.1. The van der Waals surface area contributed by atoms with Crippen molar-refractivity contribution in [3.8, 4) is 11.5 Å². The summed E-state index contributed by atoms with van der Waals surface area (Å²) in [6, 6.07) is 16.4. The molecule has 0 aliphatic carbocycles. The number of rotatable bonds is 5. The fourth-order valence-corrected chi connectivity index (χ4v) is 4.98. The lowest BCUT2D eigenvalue weighted by Crippen LogP contribution is -2.38. The fraction of sp³-hybridized carbons (Fsp3) is 0.269. The standard InChI is InChI=1S/C26H26N4O4S/c1-17(19-6-9-22-23(16-19)34-13-12-33-22)28-24(31)15-18-4-7-20(8-5-18)29-26(32)30-11-14-35-25-21(30)3-2-10-27-25/h2-10,16-17H,11-15H2,1H3,(H,28,31)(H,29,32)/t17-/m0/s1. The molecule has 8 nitrogen and oxygen atoms in total. The average Bonchev–Trinajstić information content (AvgIpc) is 2.89. The quantitative estimate of drug-likeness (QED) is 0.550. The first kappa shape index (κ1) is 23.0. The van der Waals surface area contributed by atoms with Crippen LogP contribution < -0.4 is 25.0 Å². The maximum absolute atomic E-state index is 12.8. The second kappa shape index (κ2) is 10.3. The molecule has 0 unspecified atom stereocenters. The Morgan fingerprint density at radius 3 is 2.71 bits per heavy atom. The van der Waals surface area contributed by atoms with E-state index >= 15 is 0 Å². The van der Waals surface area contributed by atoms with Crippen LogP contribution in [0.15, 0.2) is 65.8 Å². The van der Waals surface area contributed by atoms with Crippen molar-refractivity contribution in [2.45, 2.75) is 24.4 Å². The Kier molecular flexibility index (Phi) is 6.76. The third-order valence-corrected chi connectivity index (χ3v) is 6.83. The van der Waals surface area contributed by atoms with Gasteiger partial charge in [0.2, 0.25) is 5.91 Å². The molecule has 2 aliphatic heterocycles. The number of hydrogen-bond donors (Lipinski definition) is 2. The zero-order valence-corrected chi connectivity index (χ0v) is 20.1. The van der Waals surface area contributed by atoms with Gasteiger partial charge in [-0.1, -0.05) is 18.2 Å². The number of benzene rings is 2. The number of carbonyl (C=O) groups is 2. The second-order valence-electron chi connectivity index (χ2n) is 8.32. The highest BCUT2D eigenvalue weighted by Crippen LogP contribution is 2.33. The van der Waals surface area contributed by atoms with Crippen molar-refractivity contribution in [1.82, 2.24) is 10.3 Å². The highest BCUT2D eigenvalue weighted by Gasteiger charge is 2.23. The summed E-state index contributed by atoms with van der Waals surface area (Å²) in [5.74, 6) is 2.15. The lowest BCUT2D eigenvalue weighted by molar-refractivity contribution is -0.121. The van der Waals surface area contributed by atoms with Crippen LogP contribution in [0.5, 0.6) is 11.5 Å². The van der Waals surface area contributed by atoms with Crippen LogP contribution in [-0.2, 0) is 11.2 Å². The van der Waals surface area contributed by atoms with Gasteiger partial charge in [-0.15, -0.1) is 11.8 Å². The molecule has 3 aromatic rings. The van der Waals surface area contributed by atoms with Crippen LogP contribution >= 0.6 is 11.8 Å². The Morgan fingerprint density at radius 2 is 1.89 bits per heavy atom. The topological polar surface area (TPSA) is 92.8 Å². The van der Waals surface area contributed by atoms with Crippen molar-refractivity contribution < 1.29 is 19.1 Å². The van der Waals surface area contributed by atoms with Gasteiger partial charge in [0.1, 0.15) is 18.2 Å². The van der Waals surface area contributed by atoms with Crippen molar-refractivity contribution in [3.05, 3.63) is 71.9 Å². The van der Waals surface area contributed by atoms with E-state index in [0.717, 1.165) is 33.3 Å². The summed E-state index contributed by atoms with van der Waals surface area (Å²) >= 11 is 1.65. The number of nitrogens with zero attached hydrogens (tertiary/aromatic N) is 2. The average molecular weight is 491 g/mol. The van der Waals surface area contributed by atoms with Gasteiger partial charge in [0.25, 0.3) is 0 Å². The minimum Gasteiger partial charge on any atom is -0.486 e. The molecule has 0 saturated heterocycles. The molecule has 2 aliphatic rings. The van der Waals surface area contributed by atoms with Crippen LogP contribution in [0.1, 0.15) is 24.1 Å². The first-order chi connectivity index (χ1) is 17.1.